The molecule has 0 spiro atoms. The van der Waals surface area contributed by atoms with Gasteiger partial charge in [-0.2, -0.15) is 0 Å². The number of hydrogen-bond donors (Lipinski definition) is 2. The van der Waals surface area contributed by atoms with Crippen molar-refractivity contribution in [1.29, 1.82) is 0 Å². The highest BCUT2D eigenvalue weighted by Crippen LogP contribution is 2.12. The fraction of sp³-hybridized carbons (Fsp3) is 0.133. The van der Waals surface area contributed by atoms with E-state index in [4.69, 9.17) is 5.11 Å². The Morgan fingerprint density at radius 2 is 1.96 bits per heavy atom. The third-order valence-electron chi connectivity index (χ3n) is 3.00. The van der Waals surface area contributed by atoms with Gasteiger partial charge in [0.2, 0.25) is 15.7 Å². The maximum Gasteiger partial charge on any atom is 0.337 e. The van der Waals surface area contributed by atoms with E-state index in [1.807, 2.05) is 6.07 Å². The van der Waals surface area contributed by atoms with E-state index in [1.165, 1.54) is 0 Å². The molecule has 0 aliphatic rings. The summed E-state index contributed by atoms with van der Waals surface area (Å²) in [5, 5.41) is 10.9. The van der Waals surface area contributed by atoms with Gasteiger partial charge in [0, 0.05) is 17.2 Å². The Labute approximate surface area is 146 Å². The van der Waals surface area contributed by atoms with Gasteiger partial charge >= 0.3 is 5.97 Å². The van der Waals surface area contributed by atoms with Gasteiger partial charge in [0.1, 0.15) is 5.75 Å². The zero-order chi connectivity index (χ0) is 17.7. The van der Waals surface area contributed by atoms with E-state index in [-0.39, 0.29) is 17.1 Å². The lowest BCUT2D eigenvalue weighted by molar-refractivity contribution is -0.118. The van der Waals surface area contributed by atoms with Crippen LogP contribution in [-0.4, -0.2) is 36.1 Å². The van der Waals surface area contributed by atoms with E-state index in [0.717, 1.165) is 28.4 Å². The molecule has 1 aromatic carbocycles. The van der Waals surface area contributed by atoms with Crippen LogP contribution in [0.25, 0.3) is 0 Å². The number of rotatable bonds is 6. The summed E-state index contributed by atoms with van der Waals surface area (Å²) in [4.78, 5) is 26.2. The Bertz CT molecular complexity index is 866. The molecule has 2 N–H and O–H groups in total. The van der Waals surface area contributed by atoms with Crippen LogP contribution in [0, 0.1) is 0 Å². The lowest BCUT2D eigenvalue weighted by Crippen LogP contribution is -2.30. The largest absolute Gasteiger partial charge is 0.478 e. The van der Waals surface area contributed by atoms with Gasteiger partial charge < -0.3 is 10.4 Å². The fourth-order valence-electron chi connectivity index (χ4n) is 1.84. The Hall–Kier alpha value is -2.26. The van der Waals surface area contributed by atoms with Gasteiger partial charge in [0.25, 0.3) is 0 Å². The molecule has 9 heteroatoms. The summed E-state index contributed by atoms with van der Waals surface area (Å²) in [6, 6.07) is 9.44. The number of carboxylic acids is 1. The predicted molar refractivity (Wildman–Crippen MR) is 89.2 cm³/mol. The molecule has 7 nitrogen and oxygen atoms in total. The maximum absolute atomic E-state index is 12.1. The zero-order valence-corrected chi connectivity index (χ0v) is 14.7. The summed E-state index contributed by atoms with van der Waals surface area (Å²) in [7, 11) is -3.94. The van der Waals surface area contributed by atoms with Gasteiger partial charge in [-0.1, -0.05) is 28.1 Å². The molecule has 0 aliphatic heterocycles. The molecular weight excluding hydrogens is 400 g/mol. The first-order valence-corrected chi connectivity index (χ1v) is 9.16. The van der Waals surface area contributed by atoms with Crippen molar-refractivity contribution in [2.24, 2.45) is 0 Å². The molecule has 0 radical (unpaired) electrons. The number of carbonyl (C=O) groups excluding carboxylic acids is 1. The van der Waals surface area contributed by atoms with Crippen LogP contribution in [0.3, 0.4) is 0 Å². The minimum atomic E-state index is -3.94. The molecule has 0 aliphatic carbocycles. The van der Waals surface area contributed by atoms with Crippen molar-refractivity contribution in [3.05, 3.63) is 58.2 Å². The van der Waals surface area contributed by atoms with Crippen molar-refractivity contribution in [1.82, 2.24) is 10.3 Å². The van der Waals surface area contributed by atoms with Crippen LogP contribution in [0.5, 0.6) is 0 Å². The van der Waals surface area contributed by atoms with Gasteiger partial charge in [-0.15, -0.1) is 0 Å². The number of halogens is 1. The number of sulfone groups is 1. The van der Waals surface area contributed by atoms with Crippen LogP contribution >= 0.6 is 15.9 Å². The van der Waals surface area contributed by atoms with E-state index in [2.05, 4.69) is 26.2 Å². The summed E-state index contributed by atoms with van der Waals surface area (Å²) >= 11 is 3.31. The van der Waals surface area contributed by atoms with Crippen molar-refractivity contribution in [2.45, 2.75) is 11.6 Å². The molecule has 126 valence electrons. The minimum absolute atomic E-state index is 0.131. The molecular formula is C15H13BrN2O5S. The molecule has 0 unspecified atom stereocenters. The van der Waals surface area contributed by atoms with Gasteiger partial charge in [-0.3, -0.25) is 4.79 Å². The van der Waals surface area contributed by atoms with E-state index in [9.17, 15) is 18.0 Å². The van der Waals surface area contributed by atoms with Crippen LogP contribution in [0.2, 0.25) is 0 Å². The van der Waals surface area contributed by atoms with Gasteiger partial charge in [-0.05, 0) is 29.8 Å². The summed E-state index contributed by atoms with van der Waals surface area (Å²) < 4.78 is 25.1. The van der Waals surface area contributed by atoms with Gasteiger partial charge in [-0.25, -0.2) is 18.2 Å². The Balaban J connectivity index is 2.00. The average molecular weight is 413 g/mol. The van der Waals surface area contributed by atoms with Crippen molar-refractivity contribution in [3.63, 3.8) is 0 Å². The fourth-order valence-corrected chi connectivity index (χ4v) is 3.37. The number of carbonyl (C=O) groups is 2. The third-order valence-corrected chi connectivity index (χ3v) is 5.02. The van der Waals surface area contributed by atoms with E-state index < -0.39 is 27.5 Å². The quantitative estimate of drug-likeness (QED) is 0.745. The first-order chi connectivity index (χ1) is 11.3. The van der Waals surface area contributed by atoms with Crippen LogP contribution < -0.4 is 5.32 Å². The Morgan fingerprint density at radius 1 is 1.21 bits per heavy atom. The predicted octanol–water partition coefficient (Wildman–Crippen LogP) is 1.63. The lowest BCUT2D eigenvalue weighted by Gasteiger charge is -2.07. The summed E-state index contributed by atoms with van der Waals surface area (Å²) in [5.41, 5.74) is 0.687. The molecule has 0 saturated heterocycles. The topological polar surface area (TPSA) is 113 Å². The van der Waals surface area contributed by atoms with Crippen molar-refractivity contribution < 1.29 is 23.1 Å². The molecule has 0 saturated carbocycles. The van der Waals surface area contributed by atoms with Crippen LogP contribution in [0.4, 0.5) is 0 Å². The summed E-state index contributed by atoms with van der Waals surface area (Å²) in [6.45, 7) is 0.194. The molecule has 0 atom stereocenters. The number of carboxylic acid groups (broad SMARTS) is 1. The van der Waals surface area contributed by atoms with E-state index >= 15 is 0 Å². The van der Waals surface area contributed by atoms with Crippen molar-refractivity contribution in [3.8, 4) is 0 Å². The molecule has 0 bridgehead atoms. The highest BCUT2D eigenvalue weighted by molar-refractivity contribution is 9.10. The first-order valence-electron chi connectivity index (χ1n) is 6.71. The van der Waals surface area contributed by atoms with Crippen LogP contribution in [0.1, 0.15) is 15.9 Å². The number of nitrogens with one attached hydrogen (secondary N) is 1. The summed E-state index contributed by atoms with van der Waals surface area (Å²) in [6.07, 6.45) is 0.939. The van der Waals surface area contributed by atoms with Gasteiger partial charge in [0.15, 0.2) is 5.03 Å². The van der Waals surface area contributed by atoms with Crippen LogP contribution in [-0.2, 0) is 21.2 Å². The number of aromatic nitrogens is 1. The second-order valence-corrected chi connectivity index (χ2v) is 7.71. The first kappa shape index (κ1) is 18.1. The van der Waals surface area contributed by atoms with Crippen molar-refractivity contribution >= 4 is 37.6 Å². The minimum Gasteiger partial charge on any atom is -0.478 e. The monoisotopic (exact) mass is 412 g/mol. The SMILES string of the molecule is O=C(CS(=O)(=O)c1ccc(C(=O)O)cn1)NCc1cccc(Br)c1. The summed E-state index contributed by atoms with van der Waals surface area (Å²) in [5.74, 6) is -2.64. The smallest absolute Gasteiger partial charge is 0.337 e. The Kier molecular flexibility index (Phi) is 5.68. The number of nitrogens with zero attached hydrogens (tertiary/aromatic N) is 1. The average Bonchev–Trinajstić information content (AvgIpc) is 2.53. The molecule has 2 rings (SSSR count). The molecule has 1 amide bonds. The van der Waals surface area contributed by atoms with Gasteiger partial charge in [0.05, 0.1) is 5.56 Å². The van der Waals surface area contributed by atoms with Crippen molar-refractivity contribution in [2.75, 3.05) is 5.75 Å². The van der Waals surface area contributed by atoms with E-state index in [1.54, 1.807) is 18.2 Å². The number of hydrogen-bond acceptors (Lipinski definition) is 5. The van der Waals surface area contributed by atoms with Crippen LogP contribution in [0.15, 0.2) is 52.1 Å². The Morgan fingerprint density at radius 3 is 2.54 bits per heavy atom. The highest BCUT2D eigenvalue weighted by Gasteiger charge is 2.21. The molecule has 2 aromatic rings. The van der Waals surface area contributed by atoms with E-state index in [0.29, 0.717) is 0 Å². The lowest BCUT2D eigenvalue weighted by atomic mass is 10.2. The molecule has 24 heavy (non-hydrogen) atoms. The number of aromatic carboxylic acids is 1. The third kappa shape index (κ3) is 4.87. The normalized spacial score (nSPS) is 11.0. The zero-order valence-electron chi connectivity index (χ0n) is 12.3. The number of benzene rings is 1. The molecule has 1 heterocycles. The maximum atomic E-state index is 12.1. The number of pyridine rings is 1. The standard InChI is InChI=1S/C15H13BrN2O5S/c16-12-3-1-2-10(6-12)7-17-13(19)9-24(22,23)14-5-4-11(8-18-14)15(20)21/h1-6,8H,7,9H2,(H,17,19)(H,20,21). The molecule has 1 aromatic heterocycles. The number of amides is 1. The molecule has 0 fully saturated rings. The second kappa shape index (κ2) is 7.54. The highest BCUT2D eigenvalue weighted by atomic mass is 79.9. The second-order valence-electron chi connectivity index (χ2n) is 4.86.